The Bertz CT molecular complexity index is 826. The monoisotopic (exact) mass is 426 g/mol. The Morgan fingerprint density at radius 3 is 2.54 bits per heavy atom. The average Bonchev–Trinajstić information content (AvgIpc) is 3.39. The van der Waals surface area contributed by atoms with Crippen LogP contribution in [0.4, 0.5) is 4.79 Å². The predicted octanol–water partition coefficient (Wildman–Crippen LogP) is 1.36. The lowest BCUT2D eigenvalue weighted by atomic mass is 9.98. The quantitative estimate of drug-likeness (QED) is 0.669. The Kier molecular flexibility index (Phi) is 5.47. The maximum Gasteiger partial charge on any atom is 0.325 e. The van der Waals surface area contributed by atoms with E-state index in [1.165, 1.54) is 16.2 Å². The van der Waals surface area contributed by atoms with E-state index in [0.717, 1.165) is 38.8 Å². The van der Waals surface area contributed by atoms with Crippen LogP contribution in [0.5, 0.6) is 0 Å². The first-order chi connectivity index (χ1) is 13.4. The molecular weight excluding hydrogens is 400 g/mol. The van der Waals surface area contributed by atoms with Crippen molar-refractivity contribution in [2.75, 3.05) is 26.2 Å². The van der Waals surface area contributed by atoms with Gasteiger partial charge < -0.3 is 10.2 Å². The van der Waals surface area contributed by atoms with Crippen LogP contribution >= 0.6 is 11.3 Å². The first kappa shape index (κ1) is 19.8. The number of urea groups is 1. The summed E-state index contributed by atoms with van der Waals surface area (Å²) in [6, 6.07) is 2.98. The third-order valence-electron chi connectivity index (χ3n) is 6.01. The lowest BCUT2D eigenvalue weighted by molar-refractivity contribution is -0.131. The maximum absolute atomic E-state index is 12.7. The molecule has 4 rings (SSSR count). The highest BCUT2D eigenvalue weighted by Gasteiger charge is 2.52. The van der Waals surface area contributed by atoms with Gasteiger partial charge in [0.15, 0.2) is 0 Å². The molecule has 0 atom stereocenters. The molecule has 8 nitrogen and oxygen atoms in total. The number of carbonyl (C=O) groups is 2. The lowest BCUT2D eigenvalue weighted by Gasteiger charge is -2.32. The van der Waals surface area contributed by atoms with E-state index in [2.05, 4.69) is 14.9 Å². The number of carbonyl (C=O) groups excluding carboxylic acids is 2. The summed E-state index contributed by atoms with van der Waals surface area (Å²) in [5.41, 5.74) is -0.649. The second-order valence-corrected chi connectivity index (χ2v) is 10.7. The number of hydrogen-bond acceptors (Lipinski definition) is 6. The van der Waals surface area contributed by atoms with Gasteiger partial charge in [-0.1, -0.05) is 18.9 Å². The molecule has 0 unspecified atom stereocenters. The molecule has 0 aromatic carbocycles. The number of likely N-dealkylation sites (tertiary alicyclic amines) is 1. The van der Waals surface area contributed by atoms with Crippen LogP contribution in [0.3, 0.4) is 0 Å². The largest absolute Gasteiger partial charge is 0.325 e. The zero-order chi connectivity index (χ0) is 19.8. The van der Waals surface area contributed by atoms with Gasteiger partial charge in [0.1, 0.15) is 9.75 Å². The van der Waals surface area contributed by atoms with Crippen molar-refractivity contribution >= 4 is 33.3 Å². The van der Waals surface area contributed by atoms with Crippen molar-refractivity contribution in [2.45, 2.75) is 54.3 Å². The molecule has 3 amide bonds. The van der Waals surface area contributed by atoms with Gasteiger partial charge in [-0.05, 0) is 50.2 Å². The van der Waals surface area contributed by atoms with E-state index in [9.17, 15) is 18.0 Å². The number of hydrogen-bond donors (Lipinski definition) is 2. The van der Waals surface area contributed by atoms with Crippen molar-refractivity contribution in [3.8, 4) is 0 Å². The average molecular weight is 427 g/mol. The van der Waals surface area contributed by atoms with Crippen molar-refractivity contribution in [1.82, 2.24) is 19.8 Å². The van der Waals surface area contributed by atoms with Crippen molar-refractivity contribution in [1.29, 1.82) is 0 Å². The second kappa shape index (κ2) is 7.74. The Labute approximate surface area is 169 Å². The van der Waals surface area contributed by atoms with Crippen LogP contribution in [0.2, 0.25) is 0 Å². The molecule has 2 saturated heterocycles. The van der Waals surface area contributed by atoms with Gasteiger partial charge in [0.25, 0.3) is 5.91 Å². The van der Waals surface area contributed by atoms with Gasteiger partial charge >= 0.3 is 6.03 Å². The molecule has 1 saturated carbocycles. The molecule has 1 aromatic heterocycles. The second-order valence-electron chi connectivity index (χ2n) is 7.85. The van der Waals surface area contributed by atoms with Gasteiger partial charge in [-0.15, -0.1) is 11.3 Å². The van der Waals surface area contributed by atoms with E-state index < -0.39 is 15.6 Å². The number of piperidine rings is 1. The van der Waals surface area contributed by atoms with Gasteiger partial charge in [0.05, 0.1) is 0 Å². The molecule has 28 heavy (non-hydrogen) atoms. The smallest absolute Gasteiger partial charge is 0.323 e. The number of nitrogens with one attached hydrogen (secondary N) is 2. The first-order valence-corrected chi connectivity index (χ1v) is 12.2. The summed E-state index contributed by atoms with van der Waals surface area (Å²) < 4.78 is 27.8. The molecule has 2 N–H and O–H groups in total. The van der Waals surface area contributed by atoms with Crippen LogP contribution < -0.4 is 10.0 Å². The molecule has 0 radical (unpaired) electrons. The highest BCUT2D eigenvalue weighted by atomic mass is 32.2. The van der Waals surface area contributed by atoms with Crippen molar-refractivity contribution in [2.24, 2.45) is 0 Å². The van der Waals surface area contributed by atoms with Gasteiger partial charge in [0.2, 0.25) is 10.0 Å². The van der Waals surface area contributed by atoms with Crippen LogP contribution in [-0.2, 0) is 14.8 Å². The normalized spacial score (nSPS) is 23.6. The molecule has 1 aromatic rings. The van der Waals surface area contributed by atoms with Gasteiger partial charge in [-0.3, -0.25) is 9.69 Å². The fourth-order valence-electron chi connectivity index (χ4n) is 4.41. The third kappa shape index (κ3) is 3.83. The summed E-state index contributed by atoms with van der Waals surface area (Å²) in [5, 5.41) is 4.66. The van der Waals surface area contributed by atoms with Gasteiger partial charge in [-0.25, -0.2) is 17.9 Å². The summed E-state index contributed by atoms with van der Waals surface area (Å²) in [6.45, 7) is 2.50. The molecule has 0 bridgehead atoms. The van der Waals surface area contributed by atoms with Crippen LogP contribution in [0.1, 0.15) is 38.5 Å². The standard InChI is InChI=1S/C18H26N4O4S2/c23-16-18(7-1-2-8-18)19-17(24)22(16)12-11-21-9-5-14(6-10-21)20-28(25,26)15-4-3-13-27-15/h3-4,13-14,20H,1-2,5-12H2,(H,19,24). The summed E-state index contributed by atoms with van der Waals surface area (Å²) >= 11 is 1.21. The van der Waals surface area contributed by atoms with Crippen molar-refractivity contribution < 1.29 is 18.0 Å². The first-order valence-electron chi connectivity index (χ1n) is 9.82. The number of amides is 3. The van der Waals surface area contributed by atoms with Crippen molar-refractivity contribution in [3.63, 3.8) is 0 Å². The number of sulfonamides is 1. The van der Waals surface area contributed by atoms with Crippen molar-refractivity contribution in [3.05, 3.63) is 17.5 Å². The Morgan fingerprint density at radius 1 is 1.18 bits per heavy atom. The van der Waals surface area contributed by atoms with E-state index in [-0.39, 0.29) is 18.0 Å². The van der Waals surface area contributed by atoms with Crippen LogP contribution in [-0.4, -0.2) is 67.9 Å². The number of thiophene rings is 1. The highest BCUT2D eigenvalue weighted by Crippen LogP contribution is 2.35. The van der Waals surface area contributed by atoms with E-state index in [0.29, 0.717) is 30.1 Å². The molecule has 10 heteroatoms. The SMILES string of the molecule is O=C1NC2(CCCC2)C(=O)N1CCN1CCC(NS(=O)(=O)c2cccs2)CC1. The molecule has 1 aliphatic carbocycles. The minimum Gasteiger partial charge on any atom is -0.323 e. The van der Waals surface area contributed by atoms with Crippen LogP contribution in [0.25, 0.3) is 0 Å². The molecule has 3 aliphatic rings. The molecule has 3 fully saturated rings. The Hall–Kier alpha value is -1.49. The summed E-state index contributed by atoms with van der Waals surface area (Å²) in [5.74, 6) is -0.0754. The molecule has 1 spiro atoms. The Morgan fingerprint density at radius 2 is 1.89 bits per heavy atom. The van der Waals surface area contributed by atoms with Gasteiger partial charge in [0, 0.05) is 19.1 Å². The molecule has 2 aliphatic heterocycles. The van der Waals surface area contributed by atoms with E-state index >= 15 is 0 Å². The fourth-order valence-corrected chi connectivity index (χ4v) is 6.72. The number of nitrogens with zero attached hydrogens (tertiary/aromatic N) is 2. The summed E-state index contributed by atoms with van der Waals surface area (Å²) in [7, 11) is -3.44. The minimum absolute atomic E-state index is 0.0754. The lowest BCUT2D eigenvalue weighted by Crippen LogP contribution is -2.47. The zero-order valence-electron chi connectivity index (χ0n) is 15.7. The zero-order valence-corrected chi connectivity index (χ0v) is 17.4. The van der Waals surface area contributed by atoms with E-state index in [1.807, 2.05) is 0 Å². The van der Waals surface area contributed by atoms with Crippen LogP contribution in [0.15, 0.2) is 21.7 Å². The maximum atomic E-state index is 12.7. The summed E-state index contributed by atoms with van der Waals surface area (Å²) in [4.78, 5) is 28.5. The summed E-state index contributed by atoms with van der Waals surface area (Å²) in [6.07, 6.45) is 4.88. The molecular formula is C18H26N4O4S2. The topological polar surface area (TPSA) is 98.8 Å². The molecule has 154 valence electrons. The highest BCUT2D eigenvalue weighted by molar-refractivity contribution is 7.91. The van der Waals surface area contributed by atoms with Crippen LogP contribution in [0, 0.1) is 0 Å². The number of rotatable bonds is 6. The fraction of sp³-hybridized carbons (Fsp3) is 0.667. The molecule has 3 heterocycles. The number of imide groups is 1. The van der Waals surface area contributed by atoms with Gasteiger partial charge in [-0.2, -0.15) is 0 Å². The van der Waals surface area contributed by atoms with E-state index in [1.54, 1.807) is 17.5 Å². The van der Waals surface area contributed by atoms with E-state index in [4.69, 9.17) is 0 Å². The Balaban J connectivity index is 1.25. The third-order valence-corrected chi connectivity index (χ3v) is 8.93. The minimum atomic E-state index is -3.44. The predicted molar refractivity (Wildman–Crippen MR) is 106 cm³/mol.